The fourth-order valence-electron chi connectivity index (χ4n) is 2.27. The monoisotopic (exact) mass is 264 g/mol. The van der Waals surface area contributed by atoms with E-state index in [1.165, 1.54) is 6.26 Å². The van der Waals surface area contributed by atoms with Crippen LogP contribution in [0.4, 0.5) is 0 Å². The molecule has 0 spiro atoms. The molecule has 1 aromatic heterocycles. The molecule has 3 nitrogen and oxygen atoms in total. The zero-order valence-electron chi connectivity index (χ0n) is 10.6. The van der Waals surface area contributed by atoms with Crippen LogP contribution in [0.2, 0.25) is 0 Å². The van der Waals surface area contributed by atoms with Gasteiger partial charge in [-0.3, -0.25) is 0 Å². The minimum Gasteiger partial charge on any atom is -0.475 e. The minimum absolute atomic E-state index is 0.0339. The summed E-state index contributed by atoms with van der Waals surface area (Å²) in [5, 5.41) is 9.18. The molecule has 98 valence electrons. The van der Waals surface area contributed by atoms with Crippen molar-refractivity contribution in [3.05, 3.63) is 72.7 Å². The maximum atomic E-state index is 11.2. The summed E-state index contributed by atoms with van der Waals surface area (Å²) in [6.07, 6.45) is 1.40. The maximum Gasteiger partial charge on any atom is 0.372 e. The van der Waals surface area contributed by atoms with Crippen LogP contribution in [0.25, 0.3) is 22.3 Å². The number of furan rings is 1. The first kappa shape index (κ1) is 12.2. The van der Waals surface area contributed by atoms with Gasteiger partial charge in [-0.15, -0.1) is 0 Å². The number of carbonyl (C=O) groups is 1. The summed E-state index contributed by atoms with van der Waals surface area (Å²) in [6, 6.07) is 19.3. The average molecular weight is 264 g/mol. The van der Waals surface area contributed by atoms with Gasteiger partial charge in [-0.25, -0.2) is 4.79 Å². The molecule has 2 aromatic carbocycles. The Hall–Kier alpha value is -2.81. The molecule has 20 heavy (non-hydrogen) atoms. The van der Waals surface area contributed by atoms with E-state index in [1.807, 2.05) is 54.6 Å². The highest BCUT2D eigenvalue weighted by Gasteiger charge is 2.18. The quantitative estimate of drug-likeness (QED) is 0.766. The van der Waals surface area contributed by atoms with Crippen molar-refractivity contribution in [1.82, 2.24) is 0 Å². The predicted octanol–water partition coefficient (Wildman–Crippen LogP) is 4.31. The smallest absolute Gasteiger partial charge is 0.372 e. The lowest BCUT2D eigenvalue weighted by atomic mass is 9.95. The largest absolute Gasteiger partial charge is 0.475 e. The first-order chi connectivity index (χ1) is 9.77. The molecule has 0 saturated heterocycles. The molecule has 0 unspecified atom stereocenters. The van der Waals surface area contributed by atoms with Gasteiger partial charge < -0.3 is 9.52 Å². The zero-order valence-corrected chi connectivity index (χ0v) is 10.6. The van der Waals surface area contributed by atoms with E-state index in [4.69, 9.17) is 4.42 Å². The Bertz CT molecular complexity index is 742. The summed E-state index contributed by atoms with van der Waals surface area (Å²) >= 11 is 0. The highest BCUT2D eigenvalue weighted by atomic mass is 16.4. The number of carboxylic acid groups (broad SMARTS) is 1. The maximum absolute atomic E-state index is 11.2. The van der Waals surface area contributed by atoms with Gasteiger partial charge in [0.15, 0.2) is 0 Å². The predicted molar refractivity (Wildman–Crippen MR) is 76.5 cm³/mol. The van der Waals surface area contributed by atoms with Crippen molar-refractivity contribution in [1.29, 1.82) is 0 Å². The van der Waals surface area contributed by atoms with Gasteiger partial charge >= 0.3 is 5.97 Å². The van der Waals surface area contributed by atoms with Crippen molar-refractivity contribution >= 4 is 5.97 Å². The standard InChI is InChI=1S/C17H12O3/c18-17(19)16-15(10-11-20-16)14-9-5-4-8-13(14)12-6-2-1-3-7-12/h1-11H,(H,18,19). The van der Waals surface area contributed by atoms with Crippen molar-refractivity contribution in [3.63, 3.8) is 0 Å². The molecule has 0 radical (unpaired) electrons. The van der Waals surface area contributed by atoms with Crippen LogP contribution in [0.5, 0.6) is 0 Å². The second-order valence-corrected chi connectivity index (χ2v) is 4.38. The van der Waals surface area contributed by atoms with Gasteiger partial charge in [-0.05, 0) is 22.8 Å². The van der Waals surface area contributed by atoms with Crippen molar-refractivity contribution in [2.24, 2.45) is 0 Å². The third-order valence-corrected chi connectivity index (χ3v) is 3.16. The van der Waals surface area contributed by atoms with Crippen LogP contribution >= 0.6 is 0 Å². The molecule has 0 atom stereocenters. The Morgan fingerprint density at radius 2 is 1.45 bits per heavy atom. The normalized spacial score (nSPS) is 10.4. The fraction of sp³-hybridized carbons (Fsp3) is 0. The topological polar surface area (TPSA) is 50.4 Å². The Labute approximate surface area is 116 Å². The molecule has 1 heterocycles. The highest BCUT2D eigenvalue weighted by molar-refractivity contribution is 5.96. The van der Waals surface area contributed by atoms with E-state index in [2.05, 4.69) is 0 Å². The van der Waals surface area contributed by atoms with E-state index < -0.39 is 5.97 Å². The van der Waals surface area contributed by atoms with Crippen LogP contribution in [-0.4, -0.2) is 11.1 Å². The van der Waals surface area contributed by atoms with Gasteiger partial charge in [0.1, 0.15) is 0 Å². The Kier molecular flexibility index (Phi) is 3.09. The van der Waals surface area contributed by atoms with Crippen LogP contribution in [0.15, 0.2) is 71.3 Å². The van der Waals surface area contributed by atoms with Gasteiger partial charge in [0.2, 0.25) is 5.76 Å². The molecule has 0 aliphatic carbocycles. The molecular formula is C17H12O3. The van der Waals surface area contributed by atoms with Gasteiger partial charge in [-0.1, -0.05) is 54.6 Å². The first-order valence-corrected chi connectivity index (χ1v) is 6.23. The molecule has 1 N–H and O–H groups in total. The van der Waals surface area contributed by atoms with Crippen LogP contribution in [0.3, 0.4) is 0 Å². The van der Waals surface area contributed by atoms with E-state index in [0.717, 1.165) is 16.7 Å². The lowest BCUT2D eigenvalue weighted by Crippen LogP contribution is -1.96. The minimum atomic E-state index is -1.06. The summed E-state index contributed by atoms with van der Waals surface area (Å²) in [5.74, 6) is -1.10. The van der Waals surface area contributed by atoms with Gasteiger partial charge in [0.05, 0.1) is 6.26 Å². The summed E-state index contributed by atoms with van der Waals surface area (Å²) in [7, 11) is 0. The number of rotatable bonds is 3. The van der Waals surface area contributed by atoms with Gasteiger partial charge in [0, 0.05) is 5.56 Å². The van der Waals surface area contributed by atoms with E-state index in [0.29, 0.717) is 5.56 Å². The molecule has 3 heteroatoms. The van der Waals surface area contributed by atoms with Crippen LogP contribution in [0, 0.1) is 0 Å². The molecule has 0 amide bonds. The van der Waals surface area contributed by atoms with Crippen molar-refractivity contribution in [2.75, 3.05) is 0 Å². The van der Waals surface area contributed by atoms with Gasteiger partial charge in [0.25, 0.3) is 0 Å². The molecule has 0 bridgehead atoms. The Morgan fingerprint density at radius 3 is 2.15 bits per heavy atom. The Morgan fingerprint density at radius 1 is 0.800 bits per heavy atom. The van der Waals surface area contributed by atoms with E-state index in [-0.39, 0.29) is 5.76 Å². The molecule has 3 aromatic rings. The summed E-state index contributed by atoms with van der Waals surface area (Å²) < 4.78 is 5.07. The number of carboxylic acids is 1. The van der Waals surface area contributed by atoms with E-state index in [9.17, 15) is 9.90 Å². The SMILES string of the molecule is O=C(O)c1occc1-c1ccccc1-c1ccccc1. The Balaban J connectivity index is 2.21. The summed E-state index contributed by atoms with van der Waals surface area (Å²) in [5.41, 5.74) is 3.47. The number of hydrogen-bond acceptors (Lipinski definition) is 2. The number of benzene rings is 2. The number of hydrogen-bond donors (Lipinski definition) is 1. The van der Waals surface area contributed by atoms with Crippen LogP contribution < -0.4 is 0 Å². The molecule has 0 saturated carbocycles. The third kappa shape index (κ3) is 2.10. The van der Waals surface area contributed by atoms with Crippen molar-refractivity contribution < 1.29 is 14.3 Å². The third-order valence-electron chi connectivity index (χ3n) is 3.16. The second-order valence-electron chi connectivity index (χ2n) is 4.38. The lowest BCUT2D eigenvalue weighted by Gasteiger charge is -2.08. The fourth-order valence-corrected chi connectivity index (χ4v) is 2.27. The second kappa shape index (κ2) is 5.05. The van der Waals surface area contributed by atoms with E-state index >= 15 is 0 Å². The molecule has 0 aliphatic heterocycles. The summed E-state index contributed by atoms with van der Waals surface area (Å²) in [6.45, 7) is 0. The lowest BCUT2D eigenvalue weighted by molar-refractivity contribution is 0.0663. The molecule has 0 fully saturated rings. The van der Waals surface area contributed by atoms with Crippen molar-refractivity contribution in [2.45, 2.75) is 0 Å². The first-order valence-electron chi connectivity index (χ1n) is 6.23. The highest BCUT2D eigenvalue weighted by Crippen LogP contribution is 2.34. The molecule has 0 aliphatic rings. The van der Waals surface area contributed by atoms with Gasteiger partial charge in [-0.2, -0.15) is 0 Å². The van der Waals surface area contributed by atoms with Crippen molar-refractivity contribution in [3.8, 4) is 22.3 Å². The van der Waals surface area contributed by atoms with Crippen LogP contribution in [-0.2, 0) is 0 Å². The average Bonchev–Trinajstić information content (AvgIpc) is 2.98. The van der Waals surface area contributed by atoms with E-state index in [1.54, 1.807) is 6.07 Å². The zero-order chi connectivity index (χ0) is 13.9. The summed E-state index contributed by atoms with van der Waals surface area (Å²) in [4.78, 5) is 11.2. The number of aromatic carboxylic acids is 1. The molecular weight excluding hydrogens is 252 g/mol. The van der Waals surface area contributed by atoms with Crippen LogP contribution in [0.1, 0.15) is 10.6 Å². The molecule has 3 rings (SSSR count).